The van der Waals surface area contributed by atoms with Crippen LogP contribution in [0.2, 0.25) is 0 Å². The van der Waals surface area contributed by atoms with Crippen molar-refractivity contribution in [1.29, 1.82) is 0 Å². The Labute approximate surface area is 353 Å². The number of hydrogen-bond donors (Lipinski definition) is 3. The van der Waals surface area contributed by atoms with E-state index in [1.54, 1.807) is 9.80 Å². The fourth-order valence-corrected chi connectivity index (χ4v) is 6.86. The van der Waals surface area contributed by atoms with E-state index in [0.29, 0.717) is 65.2 Å². The second kappa shape index (κ2) is 25.0. The van der Waals surface area contributed by atoms with Crippen molar-refractivity contribution in [2.75, 3.05) is 56.0 Å². The average Bonchev–Trinajstić information content (AvgIpc) is 3.25. The van der Waals surface area contributed by atoms with E-state index >= 15 is 0 Å². The lowest BCUT2D eigenvalue weighted by molar-refractivity contribution is -0.124. The maximum atomic E-state index is 13.1. The Kier molecular flexibility index (Phi) is 18.9. The smallest absolute Gasteiger partial charge is 0.229 e. The molecule has 0 fully saturated rings. The molecule has 0 aromatic heterocycles. The van der Waals surface area contributed by atoms with Crippen molar-refractivity contribution in [3.05, 3.63) is 130 Å². The summed E-state index contributed by atoms with van der Waals surface area (Å²) in [6.07, 6.45) is 11.4. The van der Waals surface area contributed by atoms with Crippen LogP contribution in [0.5, 0.6) is 0 Å². The molecule has 3 N–H and O–H groups in total. The number of benzene rings is 4. The molecule has 0 spiro atoms. The second-order valence-corrected chi connectivity index (χ2v) is 14.5. The molecule has 316 valence electrons. The number of fused-ring (bicyclic) bond motifs is 4. The highest BCUT2D eigenvalue weighted by atomic mass is 16.5. The number of aliphatic hydroxyl groups is 2. The Bertz CT molecular complexity index is 2080. The predicted molar refractivity (Wildman–Crippen MR) is 237 cm³/mol. The SMILES string of the molecule is O=C(CCCOCCCO)CCC(=O)N1Cc2ccccc2/C=C\c2ccccc21.O=C(CCOCCCO)NCCC(=O)N1Cc2ccccc2/C=C\c2ccccc21. The first kappa shape index (κ1) is 45.4. The number of nitrogens with zero attached hydrogens (tertiary/aromatic N) is 2. The molecule has 4 aromatic rings. The van der Waals surface area contributed by atoms with Crippen molar-refractivity contribution < 1.29 is 38.9 Å². The minimum absolute atomic E-state index is 0.0351. The molecule has 11 nitrogen and oxygen atoms in total. The molecule has 11 heteroatoms. The van der Waals surface area contributed by atoms with Crippen LogP contribution in [0.25, 0.3) is 24.3 Å². The first-order valence-corrected chi connectivity index (χ1v) is 20.8. The molecular weight excluding hydrogens is 759 g/mol. The molecule has 2 aliphatic heterocycles. The highest BCUT2D eigenvalue weighted by molar-refractivity contribution is 5.99. The Morgan fingerprint density at radius 1 is 0.500 bits per heavy atom. The van der Waals surface area contributed by atoms with Crippen molar-refractivity contribution in [1.82, 2.24) is 5.32 Å². The lowest BCUT2D eigenvalue weighted by atomic mass is 10.0. The van der Waals surface area contributed by atoms with E-state index in [4.69, 9.17) is 19.7 Å². The zero-order valence-electron chi connectivity index (χ0n) is 34.3. The Balaban J connectivity index is 0.000000228. The fourth-order valence-electron chi connectivity index (χ4n) is 6.86. The van der Waals surface area contributed by atoms with Gasteiger partial charge >= 0.3 is 0 Å². The van der Waals surface area contributed by atoms with Crippen LogP contribution in [0, 0.1) is 0 Å². The third-order valence-corrected chi connectivity index (χ3v) is 10.1. The zero-order chi connectivity index (χ0) is 42.4. The van der Waals surface area contributed by atoms with Gasteiger partial charge in [-0.2, -0.15) is 0 Å². The number of nitrogens with one attached hydrogen (secondary N) is 1. The van der Waals surface area contributed by atoms with Crippen LogP contribution >= 0.6 is 0 Å². The van der Waals surface area contributed by atoms with Crippen LogP contribution in [0.1, 0.15) is 84.7 Å². The Morgan fingerprint density at radius 2 is 0.950 bits per heavy atom. The molecule has 4 aromatic carbocycles. The van der Waals surface area contributed by atoms with Crippen LogP contribution in [-0.4, -0.2) is 79.9 Å². The normalized spacial score (nSPS) is 13.6. The monoisotopic (exact) mass is 815 g/mol. The number of Topliss-reactive ketones (excluding diaryl/α,β-unsaturated/α-hetero) is 1. The molecule has 0 radical (unpaired) electrons. The summed E-state index contributed by atoms with van der Waals surface area (Å²) in [4.78, 5) is 53.9. The first-order valence-electron chi connectivity index (χ1n) is 20.8. The zero-order valence-corrected chi connectivity index (χ0v) is 34.3. The molecule has 0 saturated carbocycles. The van der Waals surface area contributed by atoms with Gasteiger partial charge in [0.05, 0.1) is 31.1 Å². The minimum atomic E-state index is -0.145. The molecule has 0 saturated heterocycles. The van der Waals surface area contributed by atoms with Crippen molar-refractivity contribution in [3.8, 4) is 0 Å². The number of para-hydroxylation sites is 2. The van der Waals surface area contributed by atoms with E-state index in [1.807, 2.05) is 103 Å². The number of carbonyl (C=O) groups is 4. The molecule has 0 bridgehead atoms. The summed E-state index contributed by atoms with van der Waals surface area (Å²) in [5, 5.41) is 20.2. The average molecular weight is 816 g/mol. The van der Waals surface area contributed by atoms with E-state index < -0.39 is 0 Å². The second-order valence-electron chi connectivity index (χ2n) is 14.5. The van der Waals surface area contributed by atoms with Crippen LogP contribution in [-0.2, 0) is 41.7 Å². The number of ketones is 1. The predicted octanol–water partition coefficient (Wildman–Crippen LogP) is 7.23. The topological polar surface area (TPSA) is 146 Å². The molecule has 2 heterocycles. The number of carbonyl (C=O) groups excluding carboxylic acids is 4. The lowest BCUT2D eigenvalue weighted by Gasteiger charge is -2.27. The quantitative estimate of drug-likeness (QED) is 0.0842. The molecule has 0 unspecified atom stereocenters. The summed E-state index contributed by atoms with van der Waals surface area (Å²) in [6, 6.07) is 31.8. The maximum absolute atomic E-state index is 13.1. The number of anilines is 2. The van der Waals surface area contributed by atoms with Gasteiger partial charge in [-0.15, -0.1) is 0 Å². The van der Waals surface area contributed by atoms with Gasteiger partial charge in [0.2, 0.25) is 17.7 Å². The highest BCUT2D eigenvalue weighted by Crippen LogP contribution is 2.31. The molecule has 3 amide bonds. The fraction of sp³-hybridized carbons (Fsp3) is 0.347. The third-order valence-electron chi connectivity index (χ3n) is 10.1. The number of aliphatic hydroxyl groups excluding tert-OH is 2. The van der Waals surface area contributed by atoms with Crippen molar-refractivity contribution in [2.45, 2.75) is 64.5 Å². The summed E-state index contributed by atoms with van der Waals surface area (Å²) in [6.45, 7) is 3.20. The highest BCUT2D eigenvalue weighted by Gasteiger charge is 2.23. The summed E-state index contributed by atoms with van der Waals surface area (Å²) < 4.78 is 10.6. The van der Waals surface area contributed by atoms with Crippen LogP contribution in [0.15, 0.2) is 97.1 Å². The largest absolute Gasteiger partial charge is 0.396 e. The number of ether oxygens (including phenoxy) is 2. The van der Waals surface area contributed by atoms with Gasteiger partial charge < -0.3 is 34.8 Å². The summed E-state index contributed by atoms with van der Waals surface area (Å²) in [5.41, 5.74) is 8.09. The van der Waals surface area contributed by atoms with E-state index in [0.717, 1.165) is 44.8 Å². The van der Waals surface area contributed by atoms with Gasteiger partial charge in [0.1, 0.15) is 5.78 Å². The van der Waals surface area contributed by atoms with E-state index in [-0.39, 0.29) is 68.9 Å². The Morgan fingerprint density at radius 3 is 1.50 bits per heavy atom. The summed E-state index contributed by atoms with van der Waals surface area (Å²) in [7, 11) is 0. The van der Waals surface area contributed by atoms with Crippen molar-refractivity contribution in [3.63, 3.8) is 0 Å². The lowest BCUT2D eigenvalue weighted by Crippen LogP contribution is -2.35. The van der Waals surface area contributed by atoms with Gasteiger partial charge in [-0.3, -0.25) is 19.2 Å². The molecular formula is C49H57N3O8. The van der Waals surface area contributed by atoms with Crippen molar-refractivity contribution in [2.24, 2.45) is 0 Å². The standard InChI is InChI=1S/C25H29NO4.C24H28N2O4/c27-16-6-18-30-17-5-10-23(28)14-15-25(29)26-19-22-9-2-1-7-20(22)12-13-21-8-3-4-11-24(21)26;27-15-5-16-30-17-13-23(28)25-14-12-24(29)26-18-21-8-2-1-6-19(21)10-11-20-7-3-4-9-22(20)26/h1-4,7-9,11-13,27H,5-6,10,14-19H2;1-4,6-11,27H,5,12-18H2,(H,25,28)/b13-12-;11-10-. The van der Waals surface area contributed by atoms with Gasteiger partial charge in [0, 0.05) is 71.7 Å². The van der Waals surface area contributed by atoms with Gasteiger partial charge in [0.15, 0.2) is 0 Å². The number of amides is 3. The molecule has 6 rings (SSSR count). The Hall–Kier alpha value is -5.72. The van der Waals surface area contributed by atoms with Crippen LogP contribution in [0.3, 0.4) is 0 Å². The summed E-state index contributed by atoms with van der Waals surface area (Å²) in [5.74, 6) is -0.143. The van der Waals surface area contributed by atoms with E-state index in [1.165, 1.54) is 0 Å². The number of rotatable bonds is 19. The van der Waals surface area contributed by atoms with E-state index in [9.17, 15) is 19.2 Å². The molecule has 0 atom stereocenters. The number of hydrogen-bond acceptors (Lipinski definition) is 8. The molecule has 2 aliphatic rings. The van der Waals surface area contributed by atoms with Gasteiger partial charge in [-0.25, -0.2) is 0 Å². The maximum Gasteiger partial charge on any atom is 0.229 e. The van der Waals surface area contributed by atoms with Crippen LogP contribution in [0.4, 0.5) is 11.4 Å². The van der Waals surface area contributed by atoms with Gasteiger partial charge in [0.25, 0.3) is 0 Å². The molecule has 0 aliphatic carbocycles. The van der Waals surface area contributed by atoms with Crippen LogP contribution < -0.4 is 15.1 Å². The van der Waals surface area contributed by atoms with Crippen molar-refractivity contribution >= 4 is 59.2 Å². The van der Waals surface area contributed by atoms with E-state index in [2.05, 4.69) is 23.5 Å². The third kappa shape index (κ3) is 14.2. The minimum Gasteiger partial charge on any atom is -0.396 e. The summed E-state index contributed by atoms with van der Waals surface area (Å²) >= 11 is 0. The van der Waals surface area contributed by atoms with Gasteiger partial charge in [-0.1, -0.05) is 109 Å². The first-order chi connectivity index (χ1) is 29.4. The van der Waals surface area contributed by atoms with Gasteiger partial charge in [-0.05, 0) is 64.8 Å². The molecule has 60 heavy (non-hydrogen) atoms.